The molecule has 1 aliphatic rings. The zero-order chi connectivity index (χ0) is 15.2. The number of hydrogen-bond donors (Lipinski definition) is 2. The van der Waals surface area contributed by atoms with Crippen LogP contribution in [0.25, 0.3) is 0 Å². The van der Waals surface area contributed by atoms with Gasteiger partial charge in [-0.3, -0.25) is 5.32 Å². The van der Waals surface area contributed by atoms with Gasteiger partial charge < -0.3 is 5.11 Å². The largest absolute Gasteiger partial charge is 0.396 e. The molecule has 0 unspecified atom stereocenters. The summed E-state index contributed by atoms with van der Waals surface area (Å²) < 4.78 is 0. The van der Waals surface area contributed by atoms with Crippen LogP contribution in [0.15, 0.2) is 0 Å². The molecule has 0 fully saturated rings. The third-order valence-corrected chi connectivity index (χ3v) is 4.02. The molecule has 21 heavy (non-hydrogen) atoms. The van der Waals surface area contributed by atoms with E-state index >= 15 is 0 Å². The van der Waals surface area contributed by atoms with Gasteiger partial charge >= 0.3 is 0 Å². The van der Waals surface area contributed by atoms with E-state index < -0.39 is 0 Å². The Morgan fingerprint density at radius 2 is 2.00 bits per heavy atom. The molecule has 1 aliphatic carbocycles. The number of aliphatic hydroxyl groups is 1. The fraction of sp³-hybridized carbons (Fsp3) is 0.647. The van der Waals surface area contributed by atoms with E-state index in [2.05, 4.69) is 30.2 Å². The van der Waals surface area contributed by atoms with Crippen molar-refractivity contribution in [3.8, 4) is 6.07 Å². The molecule has 0 saturated heterocycles. The molecule has 0 bridgehead atoms. The quantitative estimate of drug-likeness (QED) is 0.789. The van der Waals surface area contributed by atoms with E-state index in [1.807, 2.05) is 0 Å². The van der Waals surface area contributed by atoms with E-state index in [1.54, 1.807) is 0 Å². The van der Waals surface area contributed by atoms with Gasteiger partial charge in [-0.05, 0) is 42.7 Å². The Labute approximate surface area is 127 Å². The lowest BCUT2D eigenvalue weighted by Crippen LogP contribution is -2.27. The smallest absolute Gasteiger partial charge is 0.290 e. The highest BCUT2D eigenvalue weighted by Crippen LogP contribution is 2.29. The number of H-pyrrole nitrogens is 1. The Morgan fingerprint density at radius 1 is 1.29 bits per heavy atom. The molecule has 4 heteroatoms. The summed E-state index contributed by atoms with van der Waals surface area (Å²) in [5.41, 5.74) is 4.67. The van der Waals surface area contributed by atoms with Gasteiger partial charge in [0.05, 0.1) is 6.54 Å². The molecule has 0 radical (unpaired) electrons. The van der Waals surface area contributed by atoms with Gasteiger partial charge in [0.2, 0.25) is 0 Å². The van der Waals surface area contributed by atoms with Crippen molar-refractivity contribution in [3.05, 3.63) is 22.4 Å². The van der Waals surface area contributed by atoms with E-state index in [1.165, 1.54) is 29.7 Å². The highest BCUT2D eigenvalue weighted by atomic mass is 16.3. The summed E-state index contributed by atoms with van der Waals surface area (Å²) in [5, 5.41) is 21.8. The van der Waals surface area contributed by atoms with Gasteiger partial charge in [-0.2, -0.15) is 5.26 Å². The zero-order valence-electron chi connectivity index (χ0n) is 13.1. The lowest BCUT2D eigenvalue weighted by molar-refractivity contribution is -0.375. The predicted molar refractivity (Wildman–Crippen MR) is 83.1 cm³/mol. The van der Waals surface area contributed by atoms with Crippen LogP contribution in [0.1, 0.15) is 55.5 Å². The molecule has 1 aromatic rings. The summed E-state index contributed by atoms with van der Waals surface area (Å²) in [6, 6.07) is 2.37. The number of anilines is 1. The number of rotatable bonds is 6. The van der Waals surface area contributed by atoms with Crippen LogP contribution in [0.5, 0.6) is 0 Å². The SMILES string of the molecule is CC(C)Cc1[nH+]c(NCCCO)c(C#N)c2c1CCCC2. The molecular formula is C17H26N3O+. The summed E-state index contributed by atoms with van der Waals surface area (Å²) >= 11 is 0. The third-order valence-electron chi connectivity index (χ3n) is 4.02. The number of nitrogens with one attached hydrogen (secondary N) is 2. The summed E-state index contributed by atoms with van der Waals surface area (Å²) in [5.74, 6) is 1.42. The van der Waals surface area contributed by atoms with Crippen LogP contribution in [0, 0.1) is 17.2 Å². The minimum absolute atomic E-state index is 0.165. The summed E-state index contributed by atoms with van der Waals surface area (Å²) in [4.78, 5) is 3.47. The number of aliphatic hydroxyl groups excluding tert-OH is 1. The Bertz CT molecular complexity index is 532. The van der Waals surface area contributed by atoms with Crippen molar-refractivity contribution >= 4 is 5.82 Å². The molecule has 0 atom stereocenters. The number of nitrogens with zero attached hydrogens (tertiary/aromatic N) is 1. The molecular weight excluding hydrogens is 262 g/mol. The van der Waals surface area contributed by atoms with Gasteiger partial charge in [-0.1, -0.05) is 13.8 Å². The second-order valence-corrected chi connectivity index (χ2v) is 6.23. The van der Waals surface area contributed by atoms with Crippen LogP contribution in [0.4, 0.5) is 5.82 Å². The van der Waals surface area contributed by atoms with Crippen molar-refractivity contribution in [3.63, 3.8) is 0 Å². The van der Waals surface area contributed by atoms with Gasteiger partial charge in [0.25, 0.3) is 5.82 Å². The van der Waals surface area contributed by atoms with E-state index in [0.29, 0.717) is 18.9 Å². The first kappa shape index (κ1) is 15.8. The molecule has 1 heterocycles. The van der Waals surface area contributed by atoms with Crippen LogP contribution in [0.3, 0.4) is 0 Å². The first-order valence-electron chi connectivity index (χ1n) is 8.02. The maximum absolute atomic E-state index is 9.54. The number of fused-ring (bicyclic) bond motifs is 1. The standard InChI is InChI=1S/C17H25N3O/c1-12(2)10-16-14-7-4-3-6-13(14)15(11-18)17(20-16)19-8-5-9-21/h12,21H,3-10H2,1-2H3,(H,19,20)/p+1. The zero-order valence-corrected chi connectivity index (χ0v) is 13.1. The monoisotopic (exact) mass is 288 g/mol. The van der Waals surface area contributed by atoms with Gasteiger partial charge in [0.1, 0.15) is 17.3 Å². The predicted octanol–water partition coefficient (Wildman–Crippen LogP) is 2.24. The second kappa shape index (κ2) is 7.42. The Morgan fingerprint density at radius 3 is 2.62 bits per heavy atom. The lowest BCUT2D eigenvalue weighted by Gasteiger charge is -2.20. The Kier molecular flexibility index (Phi) is 5.58. The number of aromatic nitrogens is 1. The van der Waals surface area contributed by atoms with Gasteiger partial charge in [0, 0.05) is 19.4 Å². The fourth-order valence-corrected chi connectivity index (χ4v) is 3.08. The van der Waals surface area contributed by atoms with Crippen LogP contribution in [0.2, 0.25) is 0 Å². The number of hydrogen-bond acceptors (Lipinski definition) is 3. The topological polar surface area (TPSA) is 70.2 Å². The first-order chi connectivity index (χ1) is 10.2. The van der Waals surface area contributed by atoms with Crippen molar-refractivity contribution in [1.82, 2.24) is 0 Å². The third kappa shape index (κ3) is 3.74. The average Bonchev–Trinajstić information content (AvgIpc) is 2.47. The molecule has 114 valence electrons. The van der Waals surface area contributed by atoms with E-state index in [0.717, 1.165) is 30.6 Å². The number of nitriles is 1. The van der Waals surface area contributed by atoms with Crippen molar-refractivity contribution in [1.29, 1.82) is 5.26 Å². The van der Waals surface area contributed by atoms with Crippen LogP contribution < -0.4 is 10.3 Å². The Hall–Kier alpha value is -1.60. The van der Waals surface area contributed by atoms with Gasteiger partial charge in [0.15, 0.2) is 0 Å². The van der Waals surface area contributed by atoms with Gasteiger partial charge in [-0.25, -0.2) is 4.98 Å². The first-order valence-corrected chi connectivity index (χ1v) is 8.02. The molecule has 2 rings (SSSR count). The maximum atomic E-state index is 9.54. The second-order valence-electron chi connectivity index (χ2n) is 6.23. The summed E-state index contributed by atoms with van der Waals surface area (Å²) in [6.45, 7) is 5.29. The molecule has 0 amide bonds. The van der Waals surface area contributed by atoms with Crippen LogP contribution >= 0.6 is 0 Å². The molecule has 0 spiro atoms. The summed E-state index contributed by atoms with van der Waals surface area (Å²) in [7, 11) is 0. The van der Waals surface area contributed by atoms with Gasteiger partial charge in [-0.15, -0.1) is 0 Å². The molecule has 0 saturated carbocycles. The van der Waals surface area contributed by atoms with Crippen molar-refractivity contribution < 1.29 is 10.1 Å². The Balaban J connectivity index is 2.41. The summed E-state index contributed by atoms with van der Waals surface area (Å²) in [6.07, 6.45) is 6.18. The van der Waals surface area contributed by atoms with Crippen LogP contribution in [-0.2, 0) is 19.3 Å². The molecule has 1 aromatic heterocycles. The number of pyridine rings is 1. The maximum Gasteiger partial charge on any atom is 0.290 e. The van der Waals surface area contributed by atoms with Crippen molar-refractivity contribution in [2.45, 2.75) is 52.4 Å². The highest BCUT2D eigenvalue weighted by molar-refractivity contribution is 5.56. The normalized spacial score (nSPS) is 13.9. The molecule has 0 aromatic carbocycles. The molecule has 0 aliphatic heterocycles. The van der Waals surface area contributed by atoms with Crippen LogP contribution in [-0.4, -0.2) is 18.3 Å². The van der Waals surface area contributed by atoms with Crippen molar-refractivity contribution in [2.24, 2.45) is 5.92 Å². The molecule has 3 N–H and O–H groups in total. The lowest BCUT2D eigenvalue weighted by atomic mass is 9.86. The van der Waals surface area contributed by atoms with E-state index in [-0.39, 0.29) is 6.61 Å². The number of aromatic amines is 1. The molecule has 4 nitrogen and oxygen atoms in total. The van der Waals surface area contributed by atoms with E-state index in [9.17, 15) is 5.26 Å². The minimum Gasteiger partial charge on any atom is -0.396 e. The average molecular weight is 288 g/mol. The van der Waals surface area contributed by atoms with Crippen molar-refractivity contribution in [2.75, 3.05) is 18.5 Å². The fourth-order valence-electron chi connectivity index (χ4n) is 3.08. The van der Waals surface area contributed by atoms with E-state index in [4.69, 9.17) is 5.11 Å². The minimum atomic E-state index is 0.165. The highest BCUT2D eigenvalue weighted by Gasteiger charge is 2.25.